The van der Waals surface area contributed by atoms with E-state index in [4.69, 9.17) is 4.74 Å². The van der Waals surface area contributed by atoms with Crippen LogP contribution in [0, 0.1) is 5.41 Å². The predicted molar refractivity (Wildman–Crippen MR) is 141 cm³/mol. The smallest absolute Gasteiger partial charge is 0.260 e. The molecule has 2 amide bonds. The van der Waals surface area contributed by atoms with Crippen LogP contribution in [0.1, 0.15) is 56.1 Å². The zero-order valence-corrected chi connectivity index (χ0v) is 21.5. The van der Waals surface area contributed by atoms with Crippen molar-refractivity contribution in [2.45, 2.75) is 52.7 Å². The molecule has 0 spiro atoms. The number of rotatable bonds is 7. The zero-order chi connectivity index (χ0) is 25.7. The van der Waals surface area contributed by atoms with E-state index in [-0.39, 0.29) is 17.9 Å². The number of amides is 2. The number of hydrogen-bond acceptors (Lipinski definition) is 4. The van der Waals surface area contributed by atoms with E-state index in [2.05, 4.69) is 28.5 Å². The minimum Gasteiger partial charge on any atom is -0.481 e. The molecule has 36 heavy (non-hydrogen) atoms. The van der Waals surface area contributed by atoms with Gasteiger partial charge in [-0.3, -0.25) is 14.6 Å². The second kappa shape index (κ2) is 10.9. The molecule has 0 fully saturated rings. The van der Waals surface area contributed by atoms with Crippen LogP contribution in [-0.2, 0) is 22.4 Å². The highest BCUT2D eigenvalue weighted by atomic mass is 16.5. The first kappa shape index (κ1) is 25.4. The van der Waals surface area contributed by atoms with Gasteiger partial charge in [0.1, 0.15) is 5.75 Å². The third-order valence-electron chi connectivity index (χ3n) is 6.45. The number of pyridine rings is 1. The molecule has 3 aromatic rings. The second-order valence-corrected chi connectivity index (χ2v) is 10.3. The summed E-state index contributed by atoms with van der Waals surface area (Å²) in [6, 6.07) is 21.6. The number of fused-ring (bicyclic) bond motifs is 1. The monoisotopic (exact) mass is 485 g/mol. The van der Waals surface area contributed by atoms with E-state index >= 15 is 0 Å². The number of carbonyl (C=O) groups excluding carboxylic acids is 2. The van der Waals surface area contributed by atoms with Crippen molar-refractivity contribution < 1.29 is 14.3 Å². The van der Waals surface area contributed by atoms with Crippen molar-refractivity contribution in [3.05, 3.63) is 95.3 Å². The van der Waals surface area contributed by atoms with Crippen LogP contribution in [0.15, 0.2) is 72.9 Å². The quantitative estimate of drug-likeness (QED) is 0.525. The largest absolute Gasteiger partial charge is 0.481 e. The highest BCUT2D eigenvalue weighted by Crippen LogP contribution is 2.39. The molecule has 4 rings (SSSR count). The summed E-state index contributed by atoms with van der Waals surface area (Å²) in [4.78, 5) is 32.3. The molecule has 0 unspecified atom stereocenters. The lowest BCUT2D eigenvalue weighted by Gasteiger charge is -2.41. The van der Waals surface area contributed by atoms with Gasteiger partial charge in [-0.1, -0.05) is 63.2 Å². The van der Waals surface area contributed by atoms with Gasteiger partial charge < -0.3 is 15.0 Å². The molecule has 6 nitrogen and oxygen atoms in total. The van der Waals surface area contributed by atoms with E-state index in [9.17, 15) is 9.59 Å². The minimum absolute atomic E-state index is 0.119. The summed E-state index contributed by atoms with van der Waals surface area (Å²) >= 11 is 0. The number of aromatic nitrogens is 1. The van der Waals surface area contributed by atoms with Crippen LogP contribution in [0.5, 0.6) is 5.75 Å². The summed E-state index contributed by atoms with van der Waals surface area (Å²) in [5.41, 5.74) is 3.75. The first-order valence-electron chi connectivity index (χ1n) is 12.6. The van der Waals surface area contributed by atoms with Crippen molar-refractivity contribution in [2.75, 3.05) is 13.1 Å². The van der Waals surface area contributed by atoms with Gasteiger partial charge in [-0.25, -0.2) is 0 Å². The van der Waals surface area contributed by atoms with Gasteiger partial charge in [0, 0.05) is 36.8 Å². The fourth-order valence-corrected chi connectivity index (χ4v) is 4.57. The molecular formula is C30H35N3O3. The Bertz CT molecular complexity index is 1190. The van der Waals surface area contributed by atoms with Gasteiger partial charge in [-0.05, 0) is 54.3 Å². The summed E-state index contributed by atoms with van der Waals surface area (Å²) in [5.74, 6) is 0.564. The molecule has 0 bridgehead atoms. The van der Waals surface area contributed by atoms with Gasteiger partial charge in [-0.15, -0.1) is 0 Å². The number of carbonyl (C=O) groups is 2. The van der Waals surface area contributed by atoms with Crippen LogP contribution in [0.2, 0.25) is 0 Å². The van der Waals surface area contributed by atoms with Gasteiger partial charge >= 0.3 is 0 Å². The molecule has 0 saturated carbocycles. The molecule has 2 heterocycles. The molecular weight excluding hydrogens is 450 g/mol. The number of benzene rings is 2. The molecule has 1 aromatic heterocycles. The van der Waals surface area contributed by atoms with Crippen LogP contribution < -0.4 is 10.1 Å². The van der Waals surface area contributed by atoms with E-state index < -0.39 is 11.5 Å². The molecule has 0 saturated heterocycles. The van der Waals surface area contributed by atoms with Gasteiger partial charge in [0.25, 0.3) is 5.91 Å². The lowest BCUT2D eigenvalue weighted by Crippen LogP contribution is -2.45. The van der Waals surface area contributed by atoms with Crippen LogP contribution in [0.4, 0.5) is 0 Å². The number of hydrogen-bond donors (Lipinski definition) is 1. The fraction of sp³-hybridized carbons (Fsp3) is 0.367. The van der Waals surface area contributed by atoms with Crippen LogP contribution in [0.3, 0.4) is 0 Å². The highest BCUT2D eigenvalue weighted by molar-refractivity contribution is 5.83. The Morgan fingerprint density at radius 2 is 1.83 bits per heavy atom. The number of ether oxygens (including phenoxy) is 1. The zero-order valence-electron chi connectivity index (χ0n) is 21.5. The second-order valence-electron chi connectivity index (χ2n) is 10.3. The third kappa shape index (κ3) is 5.93. The maximum Gasteiger partial charge on any atom is 0.260 e. The van der Waals surface area contributed by atoms with Crippen molar-refractivity contribution in [1.29, 1.82) is 0 Å². The van der Waals surface area contributed by atoms with Gasteiger partial charge in [0.2, 0.25) is 5.91 Å². The topological polar surface area (TPSA) is 71.5 Å². The van der Waals surface area contributed by atoms with E-state index in [1.54, 1.807) is 13.1 Å². The third-order valence-corrected chi connectivity index (χ3v) is 6.45. The maximum absolute atomic E-state index is 13.4. The Morgan fingerprint density at radius 1 is 1.08 bits per heavy atom. The molecule has 6 heteroatoms. The van der Waals surface area contributed by atoms with E-state index in [0.29, 0.717) is 25.3 Å². The van der Waals surface area contributed by atoms with Gasteiger partial charge in [0.15, 0.2) is 6.10 Å². The Balaban J connectivity index is 1.51. The average molecular weight is 486 g/mol. The average Bonchev–Trinajstić information content (AvgIpc) is 2.88. The fourth-order valence-electron chi connectivity index (χ4n) is 4.57. The molecule has 2 aromatic carbocycles. The standard InChI is InChI=1S/C30H35N3O3/c1-21(28(34)32-18-15-24-12-8-9-17-31-24)36-25-14-13-22-16-19-33(29(35)30(2,3)4)27(26(22)20-25)23-10-6-5-7-11-23/h5-14,17,20-21,27H,15-16,18-19H2,1-4H3,(H,32,34)/t21-,27+/m1/s1. The summed E-state index contributed by atoms with van der Waals surface area (Å²) in [5, 5.41) is 2.93. The lowest BCUT2D eigenvalue weighted by molar-refractivity contribution is -0.141. The highest BCUT2D eigenvalue weighted by Gasteiger charge is 2.37. The first-order chi connectivity index (χ1) is 17.2. The number of nitrogens with one attached hydrogen (secondary N) is 1. The summed E-state index contributed by atoms with van der Waals surface area (Å²) < 4.78 is 6.06. The van der Waals surface area contributed by atoms with E-state index in [1.165, 1.54) is 5.56 Å². The summed E-state index contributed by atoms with van der Waals surface area (Å²) in [6.45, 7) is 8.78. The molecule has 1 N–H and O–H groups in total. The van der Waals surface area contributed by atoms with Crippen molar-refractivity contribution >= 4 is 11.8 Å². The van der Waals surface area contributed by atoms with E-state index in [0.717, 1.165) is 23.2 Å². The summed E-state index contributed by atoms with van der Waals surface area (Å²) in [7, 11) is 0. The van der Waals surface area contributed by atoms with Gasteiger partial charge in [-0.2, -0.15) is 0 Å². The maximum atomic E-state index is 13.4. The normalized spacial score (nSPS) is 16.1. The lowest BCUT2D eigenvalue weighted by atomic mass is 9.85. The van der Waals surface area contributed by atoms with Crippen molar-refractivity contribution in [1.82, 2.24) is 15.2 Å². The Kier molecular flexibility index (Phi) is 7.73. The molecule has 0 radical (unpaired) electrons. The SMILES string of the molecule is C[C@@H](Oc1ccc2c(c1)[C@H](c1ccccc1)N(C(=O)C(C)(C)C)CC2)C(=O)NCCc1ccccn1. The first-order valence-corrected chi connectivity index (χ1v) is 12.6. The Hall–Kier alpha value is -3.67. The van der Waals surface area contributed by atoms with Crippen molar-refractivity contribution in [2.24, 2.45) is 5.41 Å². The van der Waals surface area contributed by atoms with Crippen LogP contribution in [-0.4, -0.2) is 40.9 Å². The van der Waals surface area contributed by atoms with Crippen LogP contribution in [0.25, 0.3) is 0 Å². The molecule has 188 valence electrons. The molecule has 0 aliphatic carbocycles. The Labute approximate surface area is 213 Å². The molecule has 2 atom stereocenters. The Morgan fingerprint density at radius 3 is 2.53 bits per heavy atom. The predicted octanol–water partition coefficient (Wildman–Crippen LogP) is 4.73. The number of nitrogens with zero attached hydrogens (tertiary/aromatic N) is 2. The summed E-state index contributed by atoms with van der Waals surface area (Å²) in [6.07, 6.45) is 2.54. The van der Waals surface area contributed by atoms with Gasteiger partial charge in [0.05, 0.1) is 6.04 Å². The minimum atomic E-state index is -0.655. The van der Waals surface area contributed by atoms with E-state index in [1.807, 2.05) is 74.2 Å². The van der Waals surface area contributed by atoms with Crippen molar-refractivity contribution in [3.63, 3.8) is 0 Å². The molecule has 1 aliphatic heterocycles. The van der Waals surface area contributed by atoms with Crippen LogP contribution >= 0.6 is 0 Å². The molecule has 1 aliphatic rings. The van der Waals surface area contributed by atoms with Crippen molar-refractivity contribution in [3.8, 4) is 5.75 Å².